The highest BCUT2D eigenvalue weighted by Gasteiger charge is 2.56. The third kappa shape index (κ3) is 3.23. The van der Waals surface area contributed by atoms with E-state index in [0.29, 0.717) is 5.91 Å². The number of amides is 1. The summed E-state index contributed by atoms with van der Waals surface area (Å²) in [5.74, 6) is 0.426. The maximum atomic E-state index is 12.9. The van der Waals surface area contributed by atoms with Gasteiger partial charge in [0.25, 0.3) is 0 Å². The Bertz CT molecular complexity index is 606. The number of hydrogen-bond donors (Lipinski definition) is 0. The molecule has 0 N–H and O–H groups in total. The number of carbonyl (C=O) groups excluding carboxylic acids is 1. The third-order valence-corrected chi connectivity index (χ3v) is 5.68. The molecule has 4 unspecified atom stereocenters. The van der Waals surface area contributed by atoms with Gasteiger partial charge in [-0.2, -0.15) is 0 Å². The molecule has 1 saturated carbocycles. The van der Waals surface area contributed by atoms with Gasteiger partial charge in [-0.05, 0) is 36.8 Å². The van der Waals surface area contributed by atoms with Crippen molar-refractivity contribution in [1.29, 1.82) is 0 Å². The molecular weight excluding hydrogens is 298 g/mol. The number of rotatable bonds is 2. The number of hydrogen-bond acceptors (Lipinski definition) is 2. The van der Waals surface area contributed by atoms with Crippen LogP contribution in [0.5, 0.6) is 0 Å². The van der Waals surface area contributed by atoms with E-state index in [1.165, 1.54) is 11.1 Å². The Morgan fingerprint density at radius 1 is 1.12 bits per heavy atom. The minimum Gasteiger partial charge on any atom is -0.372 e. The molecule has 2 fully saturated rings. The van der Waals surface area contributed by atoms with E-state index in [1.807, 2.05) is 18.7 Å². The van der Waals surface area contributed by atoms with E-state index >= 15 is 0 Å². The van der Waals surface area contributed by atoms with Crippen LogP contribution in [-0.2, 0) is 20.4 Å². The number of morpholine rings is 1. The minimum atomic E-state index is -0.00171. The number of ether oxygens (including phenoxy) is 1. The van der Waals surface area contributed by atoms with E-state index < -0.39 is 0 Å². The van der Waals surface area contributed by atoms with Gasteiger partial charge < -0.3 is 9.64 Å². The van der Waals surface area contributed by atoms with Crippen LogP contribution in [0, 0.1) is 5.92 Å². The molecule has 24 heavy (non-hydrogen) atoms. The SMILES string of the molecule is CC1CN(C(=O)C2CC2(C)c2ccc(C(C)(C)C)cc2)CC(C)O1. The normalized spacial score (nSPS) is 33.4. The molecule has 2 aliphatic rings. The summed E-state index contributed by atoms with van der Waals surface area (Å²) in [4.78, 5) is 14.9. The van der Waals surface area contributed by atoms with Crippen LogP contribution in [-0.4, -0.2) is 36.1 Å². The number of benzene rings is 1. The van der Waals surface area contributed by atoms with Crippen molar-refractivity contribution in [3.63, 3.8) is 0 Å². The van der Waals surface area contributed by atoms with E-state index in [-0.39, 0.29) is 29.0 Å². The predicted octanol–water partition coefficient (Wildman–Crippen LogP) is 3.90. The third-order valence-electron chi connectivity index (χ3n) is 5.68. The molecule has 1 aromatic carbocycles. The average Bonchev–Trinajstić information content (AvgIpc) is 3.18. The molecule has 0 spiro atoms. The van der Waals surface area contributed by atoms with Crippen molar-refractivity contribution in [2.24, 2.45) is 5.92 Å². The fourth-order valence-corrected chi connectivity index (χ4v) is 3.97. The van der Waals surface area contributed by atoms with Gasteiger partial charge >= 0.3 is 0 Å². The summed E-state index contributed by atoms with van der Waals surface area (Å²) in [5, 5.41) is 0. The fourth-order valence-electron chi connectivity index (χ4n) is 3.97. The van der Waals surface area contributed by atoms with E-state index in [0.717, 1.165) is 19.5 Å². The molecule has 1 saturated heterocycles. The molecule has 0 aromatic heterocycles. The van der Waals surface area contributed by atoms with Crippen molar-refractivity contribution in [1.82, 2.24) is 4.90 Å². The van der Waals surface area contributed by atoms with Crippen LogP contribution in [0.4, 0.5) is 0 Å². The summed E-state index contributed by atoms with van der Waals surface area (Å²) in [6.45, 7) is 14.5. The average molecular weight is 329 g/mol. The molecule has 1 heterocycles. The second-order valence-corrected chi connectivity index (χ2v) is 9.00. The van der Waals surface area contributed by atoms with Gasteiger partial charge in [-0.15, -0.1) is 0 Å². The van der Waals surface area contributed by atoms with Crippen LogP contribution in [0.1, 0.15) is 59.1 Å². The molecule has 4 atom stereocenters. The summed E-state index contributed by atoms with van der Waals surface area (Å²) in [6.07, 6.45) is 1.23. The first kappa shape index (κ1) is 17.5. The first-order valence-electron chi connectivity index (χ1n) is 9.16. The topological polar surface area (TPSA) is 29.5 Å². The highest BCUT2D eigenvalue weighted by molar-refractivity contribution is 5.84. The van der Waals surface area contributed by atoms with E-state index in [2.05, 4.69) is 52.0 Å². The summed E-state index contributed by atoms with van der Waals surface area (Å²) in [5.41, 5.74) is 2.80. The van der Waals surface area contributed by atoms with Crippen molar-refractivity contribution in [3.05, 3.63) is 35.4 Å². The summed E-state index contributed by atoms with van der Waals surface area (Å²) < 4.78 is 5.75. The first-order valence-corrected chi connectivity index (χ1v) is 9.16. The van der Waals surface area contributed by atoms with Gasteiger partial charge in [-0.3, -0.25) is 4.79 Å². The van der Waals surface area contributed by atoms with Gasteiger partial charge in [0, 0.05) is 24.4 Å². The molecule has 1 aliphatic carbocycles. The molecule has 3 nitrogen and oxygen atoms in total. The Balaban J connectivity index is 1.71. The monoisotopic (exact) mass is 329 g/mol. The van der Waals surface area contributed by atoms with E-state index in [9.17, 15) is 4.79 Å². The first-order chi connectivity index (χ1) is 11.1. The van der Waals surface area contributed by atoms with E-state index in [4.69, 9.17) is 4.74 Å². The lowest BCUT2D eigenvalue weighted by Crippen LogP contribution is -2.49. The highest BCUT2D eigenvalue weighted by atomic mass is 16.5. The standard InChI is InChI=1S/C21H31NO2/c1-14-12-22(13-15(2)24-14)19(23)18-11-21(18,6)17-9-7-16(8-10-17)20(3,4)5/h7-10,14-15,18H,11-13H2,1-6H3. The van der Waals surface area contributed by atoms with Crippen molar-refractivity contribution >= 4 is 5.91 Å². The molecular formula is C21H31NO2. The lowest BCUT2D eigenvalue weighted by molar-refractivity contribution is -0.145. The molecule has 3 heteroatoms. The summed E-state index contributed by atoms with van der Waals surface area (Å²) in [6, 6.07) is 8.88. The zero-order chi connectivity index (χ0) is 17.7. The minimum absolute atomic E-state index is 0.00171. The fraction of sp³-hybridized carbons (Fsp3) is 0.667. The lowest BCUT2D eigenvalue weighted by atomic mass is 9.85. The second kappa shape index (κ2) is 5.87. The van der Waals surface area contributed by atoms with Crippen molar-refractivity contribution in [3.8, 4) is 0 Å². The highest BCUT2D eigenvalue weighted by Crippen LogP contribution is 2.55. The molecule has 132 valence electrons. The van der Waals surface area contributed by atoms with Crippen molar-refractivity contribution in [2.75, 3.05) is 13.1 Å². The van der Waals surface area contributed by atoms with E-state index in [1.54, 1.807) is 0 Å². The Labute approximate surface area is 146 Å². The molecule has 1 aliphatic heterocycles. The van der Waals surface area contributed by atoms with Crippen molar-refractivity contribution < 1.29 is 9.53 Å². The van der Waals surface area contributed by atoms with Gasteiger partial charge in [-0.1, -0.05) is 52.0 Å². The molecule has 1 amide bonds. The van der Waals surface area contributed by atoms with Crippen LogP contribution in [0.15, 0.2) is 24.3 Å². The Morgan fingerprint density at radius 3 is 2.17 bits per heavy atom. The van der Waals surface area contributed by atoms with Crippen LogP contribution in [0.3, 0.4) is 0 Å². The van der Waals surface area contributed by atoms with Gasteiger partial charge in [0.2, 0.25) is 5.91 Å². The maximum Gasteiger partial charge on any atom is 0.226 e. The second-order valence-electron chi connectivity index (χ2n) is 9.00. The van der Waals surface area contributed by atoms with Crippen LogP contribution < -0.4 is 0 Å². The molecule has 0 bridgehead atoms. The summed E-state index contributed by atoms with van der Waals surface area (Å²) in [7, 11) is 0. The van der Waals surface area contributed by atoms with Gasteiger partial charge in [0.15, 0.2) is 0 Å². The molecule has 0 radical (unpaired) electrons. The van der Waals surface area contributed by atoms with Gasteiger partial charge in [-0.25, -0.2) is 0 Å². The maximum absolute atomic E-state index is 12.9. The zero-order valence-corrected chi connectivity index (χ0v) is 15.9. The molecule has 1 aromatic rings. The van der Waals surface area contributed by atoms with Crippen LogP contribution in [0.2, 0.25) is 0 Å². The Hall–Kier alpha value is -1.35. The summed E-state index contributed by atoms with van der Waals surface area (Å²) >= 11 is 0. The van der Waals surface area contributed by atoms with Gasteiger partial charge in [0.1, 0.15) is 0 Å². The van der Waals surface area contributed by atoms with Crippen molar-refractivity contribution in [2.45, 2.75) is 71.0 Å². The lowest BCUT2D eigenvalue weighted by Gasteiger charge is -2.35. The molecule has 3 rings (SSSR count). The Morgan fingerprint density at radius 2 is 1.67 bits per heavy atom. The smallest absolute Gasteiger partial charge is 0.226 e. The zero-order valence-electron chi connectivity index (χ0n) is 15.9. The Kier molecular flexibility index (Phi) is 4.28. The largest absolute Gasteiger partial charge is 0.372 e. The van der Waals surface area contributed by atoms with Crippen LogP contribution in [0.25, 0.3) is 0 Å². The van der Waals surface area contributed by atoms with Gasteiger partial charge in [0.05, 0.1) is 12.2 Å². The number of nitrogens with zero attached hydrogens (tertiary/aromatic N) is 1. The number of carbonyl (C=O) groups is 1. The predicted molar refractivity (Wildman–Crippen MR) is 97.2 cm³/mol. The van der Waals surface area contributed by atoms with Crippen LogP contribution >= 0.6 is 0 Å². The quantitative estimate of drug-likeness (QED) is 0.823.